The van der Waals surface area contributed by atoms with Crippen molar-refractivity contribution in [1.29, 1.82) is 0 Å². The number of amides is 1. The van der Waals surface area contributed by atoms with E-state index in [4.69, 9.17) is 11.6 Å². The molecule has 2 N–H and O–H groups in total. The summed E-state index contributed by atoms with van der Waals surface area (Å²) in [6, 6.07) is 14.6. The van der Waals surface area contributed by atoms with Gasteiger partial charge in [0.1, 0.15) is 0 Å². The summed E-state index contributed by atoms with van der Waals surface area (Å²) < 4.78 is 0. The molecule has 0 fully saturated rings. The first-order chi connectivity index (χ1) is 10.1. The summed E-state index contributed by atoms with van der Waals surface area (Å²) in [6.07, 6.45) is 0.593. The van der Waals surface area contributed by atoms with E-state index >= 15 is 0 Å². The molecule has 0 aliphatic rings. The van der Waals surface area contributed by atoms with E-state index in [9.17, 15) is 9.90 Å². The van der Waals surface area contributed by atoms with Crippen LogP contribution in [0.5, 0.6) is 0 Å². The topological polar surface area (TPSA) is 49.3 Å². The minimum atomic E-state index is -0.309. The maximum atomic E-state index is 12.2. The van der Waals surface area contributed by atoms with E-state index in [0.29, 0.717) is 17.0 Å². The van der Waals surface area contributed by atoms with Crippen molar-refractivity contribution in [2.24, 2.45) is 0 Å². The molecule has 21 heavy (non-hydrogen) atoms. The molecule has 3 nitrogen and oxygen atoms in total. The van der Waals surface area contributed by atoms with Gasteiger partial charge < -0.3 is 10.4 Å². The zero-order valence-electron chi connectivity index (χ0n) is 11.8. The van der Waals surface area contributed by atoms with Crippen LogP contribution in [0, 0.1) is 6.92 Å². The van der Waals surface area contributed by atoms with Gasteiger partial charge >= 0.3 is 0 Å². The fraction of sp³-hybridized carbons (Fsp3) is 0.235. The first-order valence-electron chi connectivity index (χ1n) is 6.82. The lowest BCUT2D eigenvalue weighted by Crippen LogP contribution is -2.39. The van der Waals surface area contributed by atoms with Crippen molar-refractivity contribution in [3.63, 3.8) is 0 Å². The number of rotatable bonds is 5. The Hall–Kier alpha value is -1.84. The summed E-state index contributed by atoms with van der Waals surface area (Å²) in [5.41, 5.74) is 2.47. The van der Waals surface area contributed by atoms with Crippen LogP contribution in [0.4, 0.5) is 0 Å². The number of aryl methyl sites for hydroxylation is 1. The summed E-state index contributed by atoms with van der Waals surface area (Å²) in [6.45, 7) is 1.75. The Labute approximate surface area is 129 Å². The highest BCUT2D eigenvalue weighted by Crippen LogP contribution is 2.16. The van der Waals surface area contributed by atoms with Gasteiger partial charge in [-0.1, -0.05) is 41.9 Å². The molecule has 0 unspecified atom stereocenters. The average molecular weight is 304 g/mol. The fourth-order valence-electron chi connectivity index (χ4n) is 2.11. The normalized spacial score (nSPS) is 12.0. The molecule has 0 spiro atoms. The van der Waals surface area contributed by atoms with E-state index in [1.807, 2.05) is 37.3 Å². The van der Waals surface area contributed by atoms with Gasteiger partial charge in [-0.05, 0) is 42.7 Å². The lowest BCUT2D eigenvalue weighted by molar-refractivity contribution is 0.0916. The second kappa shape index (κ2) is 7.25. The molecule has 0 saturated heterocycles. The largest absolute Gasteiger partial charge is 0.394 e. The highest BCUT2D eigenvalue weighted by atomic mass is 35.5. The van der Waals surface area contributed by atoms with Crippen molar-refractivity contribution in [1.82, 2.24) is 5.32 Å². The molecule has 2 aromatic rings. The van der Waals surface area contributed by atoms with Gasteiger partial charge in [-0.25, -0.2) is 0 Å². The van der Waals surface area contributed by atoms with Gasteiger partial charge in [-0.15, -0.1) is 0 Å². The highest BCUT2D eigenvalue weighted by molar-refractivity contribution is 6.31. The number of carbonyl (C=O) groups excluding carboxylic acids is 1. The molecule has 2 aromatic carbocycles. The molecule has 2 rings (SSSR count). The number of hydrogen-bond donors (Lipinski definition) is 2. The van der Waals surface area contributed by atoms with E-state index < -0.39 is 0 Å². The monoisotopic (exact) mass is 303 g/mol. The van der Waals surface area contributed by atoms with Gasteiger partial charge in [-0.3, -0.25) is 4.79 Å². The van der Waals surface area contributed by atoms with Crippen LogP contribution in [0.15, 0.2) is 48.5 Å². The van der Waals surface area contributed by atoms with Gasteiger partial charge in [0, 0.05) is 10.6 Å². The maximum absolute atomic E-state index is 12.2. The Morgan fingerprint density at radius 3 is 2.57 bits per heavy atom. The zero-order chi connectivity index (χ0) is 15.2. The third kappa shape index (κ3) is 4.31. The van der Waals surface area contributed by atoms with Gasteiger partial charge in [0.05, 0.1) is 12.6 Å². The third-order valence-corrected chi connectivity index (χ3v) is 3.72. The fourth-order valence-corrected chi connectivity index (χ4v) is 2.23. The Bertz CT molecular complexity index is 613. The minimum absolute atomic E-state index is 0.104. The summed E-state index contributed by atoms with van der Waals surface area (Å²) in [4.78, 5) is 12.2. The average Bonchev–Trinajstić information content (AvgIpc) is 2.50. The van der Waals surface area contributed by atoms with Crippen molar-refractivity contribution in [2.45, 2.75) is 19.4 Å². The van der Waals surface area contributed by atoms with Crippen molar-refractivity contribution < 1.29 is 9.90 Å². The maximum Gasteiger partial charge on any atom is 0.251 e. The molecule has 1 amide bonds. The molecule has 0 bridgehead atoms. The zero-order valence-corrected chi connectivity index (χ0v) is 12.6. The van der Waals surface area contributed by atoms with Crippen LogP contribution in [0.2, 0.25) is 5.02 Å². The highest BCUT2D eigenvalue weighted by Gasteiger charge is 2.14. The van der Waals surface area contributed by atoms with E-state index in [2.05, 4.69) is 5.32 Å². The number of aliphatic hydroxyl groups is 1. The number of nitrogens with one attached hydrogen (secondary N) is 1. The van der Waals surface area contributed by atoms with Gasteiger partial charge in [-0.2, -0.15) is 0 Å². The number of carbonyl (C=O) groups is 1. The first-order valence-corrected chi connectivity index (χ1v) is 7.19. The molecule has 0 saturated carbocycles. The second-order valence-corrected chi connectivity index (χ2v) is 5.41. The lowest BCUT2D eigenvalue weighted by atomic mass is 10.1. The second-order valence-electron chi connectivity index (χ2n) is 5.01. The Morgan fingerprint density at radius 1 is 1.24 bits per heavy atom. The van der Waals surface area contributed by atoms with Crippen LogP contribution < -0.4 is 5.32 Å². The van der Waals surface area contributed by atoms with Crippen LogP contribution in [0.3, 0.4) is 0 Å². The molecule has 0 aliphatic heterocycles. The molecule has 1 atom stereocenters. The van der Waals surface area contributed by atoms with Crippen LogP contribution in [0.25, 0.3) is 0 Å². The van der Waals surface area contributed by atoms with E-state index in [-0.39, 0.29) is 18.6 Å². The summed E-state index contributed by atoms with van der Waals surface area (Å²) in [5.74, 6) is -0.204. The standard InChI is InChI=1S/C17H18ClNO2/c1-12-9-14(7-8-16(12)18)17(21)19-15(11-20)10-13-5-3-2-4-6-13/h2-9,15,20H,10-11H2,1H3,(H,19,21)/t15-/m1/s1. The van der Waals surface area contributed by atoms with Crippen molar-refractivity contribution >= 4 is 17.5 Å². The van der Waals surface area contributed by atoms with Crippen LogP contribution >= 0.6 is 11.6 Å². The van der Waals surface area contributed by atoms with E-state index in [0.717, 1.165) is 11.1 Å². The van der Waals surface area contributed by atoms with Crippen LogP contribution in [-0.2, 0) is 6.42 Å². The summed E-state index contributed by atoms with van der Waals surface area (Å²) in [7, 11) is 0. The van der Waals surface area contributed by atoms with Gasteiger partial charge in [0.15, 0.2) is 0 Å². The number of hydrogen-bond acceptors (Lipinski definition) is 2. The molecule has 110 valence electrons. The number of halogens is 1. The predicted octanol–water partition coefficient (Wildman–Crippen LogP) is 2.98. The van der Waals surface area contributed by atoms with Crippen molar-refractivity contribution in [3.05, 3.63) is 70.2 Å². The molecule has 0 heterocycles. The number of aliphatic hydroxyl groups excluding tert-OH is 1. The van der Waals surface area contributed by atoms with Crippen LogP contribution in [-0.4, -0.2) is 23.7 Å². The van der Waals surface area contributed by atoms with Crippen LogP contribution in [0.1, 0.15) is 21.5 Å². The first kappa shape index (κ1) is 15.5. The van der Waals surface area contributed by atoms with E-state index in [1.165, 1.54) is 0 Å². The van der Waals surface area contributed by atoms with Crippen molar-refractivity contribution in [3.8, 4) is 0 Å². The van der Waals surface area contributed by atoms with Gasteiger partial charge in [0.25, 0.3) is 5.91 Å². The quantitative estimate of drug-likeness (QED) is 0.892. The third-order valence-electron chi connectivity index (χ3n) is 3.30. The molecular formula is C17H18ClNO2. The summed E-state index contributed by atoms with van der Waals surface area (Å²) >= 11 is 5.95. The molecular weight excluding hydrogens is 286 g/mol. The van der Waals surface area contributed by atoms with Crippen molar-refractivity contribution in [2.75, 3.05) is 6.61 Å². The minimum Gasteiger partial charge on any atom is -0.394 e. The molecule has 0 radical (unpaired) electrons. The summed E-state index contributed by atoms with van der Waals surface area (Å²) in [5, 5.41) is 12.9. The smallest absolute Gasteiger partial charge is 0.251 e. The SMILES string of the molecule is Cc1cc(C(=O)N[C@@H](CO)Cc2ccccc2)ccc1Cl. The lowest BCUT2D eigenvalue weighted by Gasteiger charge is -2.16. The predicted molar refractivity (Wildman–Crippen MR) is 84.7 cm³/mol. The van der Waals surface area contributed by atoms with Gasteiger partial charge in [0.2, 0.25) is 0 Å². The Balaban J connectivity index is 2.04. The molecule has 4 heteroatoms. The number of benzene rings is 2. The Morgan fingerprint density at radius 2 is 1.95 bits per heavy atom. The van der Waals surface area contributed by atoms with E-state index in [1.54, 1.807) is 18.2 Å². The molecule has 0 aliphatic carbocycles. The molecule has 0 aromatic heterocycles. The Kier molecular flexibility index (Phi) is 5.37.